The molecule has 5 nitrogen and oxygen atoms in total. The first-order valence-electron chi connectivity index (χ1n) is 3.17. The molecule has 0 radical (unpaired) electrons. The Bertz CT molecular complexity index is 218. The Morgan fingerprint density at radius 1 is 1.75 bits per heavy atom. The number of ether oxygens (including phenoxy) is 1. The third-order valence-electron chi connectivity index (χ3n) is 0.991. The van der Waals surface area contributed by atoms with Crippen LogP contribution in [0.15, 0.2) is 0 Å². The summed E-state index contributed by atoms with van der Waals surface area (Å²) in [5.74, 6) is 0.939. The first kappa shape index (κ1) is 10.3. The Balaban J connectivity index is 3.71. The minimum Gasteiger partial charge on any atom is -0.480 e. The van der Waals surface area contributed by atoms with Crippen molar-refractivity contribution in [1.29, 1.82) is 0 Å². The zero-order valence-corrected chi connectivity index (χ0v) is 6.53. The fraction of sp³-hybridized carbons (Fsp3) is 0.429. The molecule has 66 valence electrons. The quantitative estimate of drug-likeness (QED) is 0.577. The van der Waals surface area contributed by atoms with E-state index in [2.05, 4.69) is 16.0 Å². The number of nitrogens with one attached hydrogen (secondary N) is 1. The van der Waals surface area contributed by atoms with Gasteiger partial charge in [0, 0.05) is 0 Å². The predicted molar refractivity (Wildman–Crippen MR) is 40.4 cm³/mol. The SMILES string of the molecule is C#CCOC(=O)N[C@H](C)C(=O)O. The van der Waals surface area contributed by atoms with Crippen LogP contribution in [0.25, 0.3) is 0 Å². The third kappa shape index (κ3) is 4.17. The lowest BCUT2D eigenvalue weighted by Gasteiger charge is -2.07. The predicted octanol–water partition coefficient (Wildman–Crippen LogP) is -0.181. The molecule has 0 saturated carbocycles. The Hall–Kier alpha value is -1.70. The Kier molecular flexibility index (Phi) is 4.31. The van der Waals surface area contributed by atoms with Gasteiger partial charge in [0.25, 0.3) is 0 Å². The van der Waals surface area contributed by atoms with Crippen LogP contribution in [0.1, 0.15) is 6.92 Å². The van der Waals surface area contributed by atoms with E-state index in [0.717, 1.165) is 0 Å². The molecule has 0 aliphatic carbocycles. The van der Waals surface area contributed by atoms with Crippen molar-refractivity contribution in [2.75, 3.05) is 6.61 Å². The molecule has 0 spiro atoms. The molecular formula is C7H9NO4. The van der Waals surface area contributed by atoms with Crippen molar-refractivity contribution in [3.63, 3.8) is 0 Å². The van der Waals surface area contributed by atoms with E-state index < -0.39 is 18.1 Å². The van der Waals surface area contributed by atoms with Gasteiger partial charge < -0.3 is 15.2 Å². The van der Waals surface area contributed by atoms with Gasteiger partial charge in [-0.05, 0) is 6.92 Å². The van der Waals surface area contributed by atoms with Crippen LogP contribution < -0.4 is 5.32 Å². The van der Waals surface area contributed by atoms with Gasteiger partial charge in [0.05, 0.1) is 0 Å². The van der Waals surface area contributed by atoms with Crippen molar-refractivity contribution in [2.24, 2.45) is 0 Å². The zero-order valence-electron chi connectivity index (χ0n) is 6.53. The lowest BCUT2D eigenvalue weighted by atomic mass is 10.4. The van der Waals surface area contributed by atoms with Crippen LogP contribution in [-0.2, 0) is 9.53 Å². The van der Waals surface area contributed by atoms with Crippen LogP contribution in [-0.4, -0.2) is 29.8 Å². The highest BCUT2D eigenvalue weighted by Gasteiger charge is 2.13. The van der Waals surface area contributed by atoms with Gasteiger partial charge >= 0.3 is 12.1 Å². The number of alkyl carbamates (subject to hydrolysis) is 1. The molecule has 0 rings (SSSR count). The van der Waals surface area contributed by atoms with Crippen molar-refractivity contribution in [1.82, 2.24) is 5.32 Å². The van der Waals surface area contributed by atoms with Crippen molar-refractivity contribution >= 4 is 12.1 Å². The smallest absolute Gasteiger partial charge is 0.408 e. The average Bonchev–Trinajstić information content (AvgIpc) is 2.00. The number of carbonyl (C=O) groups is 2. The summed E-state index contributed by atoms with van der Waals surface area (Å²) in [7, 11) is 0. The van der Waals surface area contributed by atoms with Crippen molar-refractivity contribution in [3.8, 4) is 12.3 Å². The zero-order chi connectivity index (χ0) is 9.56. The molecule has 0 fully saturated rings. The molecule has 0 aromatic rings. The number of carbonyl (C=O) groups excluding carboxylic acids is 1. The molecule has 1 atom stereocenters. The third-order valence-corrected chi connectivity index (χ3v) is 0.991. The van der Waals surface area contributed by atoms with Gasteiger partial charge in [-0.25, -0.2) is 4.79 Å². The van der Waals surface area contributed by atoms with E-state index in [4.69, 9.17) is 11.5 Å². The second-order valence-electron chi connectivity index (χ2n) is 1.98. The van der Waals surface area contributed by atoms with Crippen LogP contribution in [0.4, 0.5) is 4.79 Å². The number of amides is 1. The Morgan fingerprint density at radius 2 is 2.33 bits per heavy atom. The summed E-state index contributed by atoms with van der Waals surface area (Å²) in [4.78, 5) is 20.8. The maximum Gasteiger partial charge on any atom is 0.408 e. The number of hydrogen-bond donors (Lipinski definition) is 2. The minimum atomic E-state index is -1.13. The average molecular weight is 171 g/mol. The van der Waals surface area contributed by atoms with Gasteiger partial charge in [-0.15, -0.1) is 6.42 Å². The largest absolute Gasteiger partial charge is 0.480 e. The number of carboxylic acids is 1. The van der Waals surface area contributed by atoms with Crippen molar-refractivity contribution < 1.29 is 19.4 Å². The lowest BCUT2D eigenvalue weighted by Crippen LogP contribution is -2.38. The van der Waals surface area contributed by atoms with Gasteiger partial charge in [-0.3, -0.25) is 4.79 Å². The van der Waals surface area contributed by atoms with Gasteiger partial charge in [0.15, 0.2) is 6.61 Å². The van der Waals surface area contributed by atoms with Crippen molar-refractivity contribution in [3.05, 3.63) is 0 Å². The fourth-order valence-corrected chi connectivity index (χ4v) is 0.387. The summed E-state index contributed by atoms with van der Waals surface area (Å²) >= 11 is 0. The molecule has 0 aliphatic rings. The monoisotopic (exact) mass is 171 g/mol. The number of carboxylic acid groups (broad SMARTS) is 1. The second-order valence-corrected chi connectivity index (χ2v) is 1.98. The molecule has 0 heterocycles. The molecule has 1 amide bonds. The lowest BCUT2D eigenvalue weighted by molar-refractivity contribution is -0.138. The summed E-state index contributed by atoms with van der Waals surface area (Å²) < 4.78 is 4.36. The summed E-state index contributed by atoms with van der Waals surface area (Å²) in [6, 6.07) is -0.977. The second kappa shape index (κ2) is 5.02. The first-order valence-corrected chi connectivity index (χ1v) is 3.17. The number of aliphatic carboxylic acids is 1. The summed E-state index contributed by atoms with van der Waals surface area (Å²) in [5.41, 5.74) is 0. The highest BCUT2D eigenvalue weighted by molar-refractivity contribution is 5.79. The Morgan fingerprint density at radius 3 is 2.75 bits per heavy atom. The maximum atomic E-state index is 10.6. The molecule has 0 aromatic carbocycles. The molecule has 0 saturated heterocycles. The summed E-state index contributed by atoms with van der Waals surface area (Å²) in [5, 5.41) is 10.4. The van der Waals surface area contributed by atoms with Crippen LogP contribution in [0, 0.1) is 12.3 Å². The van der Waals surface area contributed by atoms with Crippen LogP contribution in [0.3, 0.4) is 0 Å². The molecule has 0 aliphatic heterocycles. The van der Waals surface area contributed by atoms with E-state index >= 15 is 0 Å². The van der Waals surface area contributed by atoms with E-state index in [0.29, 0.717) is 0 Å². The normalized spacial score (nSPS) is 11.0. The summed E-state index contributed by atoms with van der Waals surface area (Å²) in [6.07, 6.45) is 3.97. The summed E-state index contributed by atoms with van der Waals surface area (Å²) in [6.45, 7) is 1.15. The molecular weight excluding hydrogens is 162 g/mol. The molecule has 2 N–H and O–H groups in total. The topological polar surface area (TPSA) is 75.6 Å². The van der Waals surface area contributed by atoms with E-state index in [9.17, 15) is 9.59 Å². The highest BCUT2D eigenvalue weighted by atomic mass is 16.5. The van der Waals surface area contributed by atoms with E-state index in [-0.39, 0.29) is 6.61 Å². The van der Waals surface area contributed by atoms with E-state index in [1.807, 2.05) is 0 Å². The van der Waals surface area contributed by atoms with Crippen molar-refractivity contribution in [2.45, 2.75) is 13.0 Å². The molecule has 12 heavy (non-hydrogen) atoms. The number of rotatable bonds is 3. The van der Waals surface area contributed by atoms with Gasteiger partial charge in [0.2, 0.25) is 0 Å². The van der Waals surface area contributed by atoms with Gasteiger partial charge in [0.1, 0.15) is 6.04 Å². The number of terminal acetylenes is 1. The fourth-order valence-electron chi connectivity index (χ4n) is 0.387. The highest BCUT2D eigenvalue weighted by Crippen LogP contribution is 1.83. The van der Waals surface area contributed by atoms with E-state index in [1.54, 1.807) is 0 Å². The van der Waals surface area contributed by atoms with Crippen LogP contribution in [0.2, 0.25) is 0 Å². The van der Waals surface area contributed by atoms with Crippen LogP contribution >= 0.6 is 0 Å². The minimum absolute atomic E-state index is 0.168. The van der Waals surface area contributed by atoms with E-state index in [1.165, 1.54) is 6.92 Å². The molecule has 0 bridgehead atoms. The molecule has 5 heteroatoms. The van der Waals surface area contributed by atoms with Crippen LogP contribution in [0.5, 0.6) is 0 Å². The number of hydrogen-bond acceptors (Lipinski definition) is 3. The standard InChI is InChI=1S/C7H9NO4/c1-3-4-12-7(11)8-5(2)6(9)10/h1,5H,4H2,2H3,(H,8,11)(H,9,10)/t5-/m1/s1. The molecule has 0 unspecified atom stereocenters. The maximum absolute atomic E-state index is 10.6. The van der Waals surface area contributed by atoms with Gasteiger partial charge in [-0.2, -0.15) is 0 Å². The van der Waals surface area contributed by atoms with Gasteiger partial charge in [-0.1, -0.05) is 5.92 Å². The first-order chi connectivity index (χ1) is 5.57. The molecule has 0 aromatic heterocycles. The Labute approximate surface area is 69.7 Å².